The van der Waals surface area contributed by atoms with Gasteiger partial charge in [-0.3, -0.25) is 0 Å². The Morgan fingerprint density at radius 2 is 2.17 bits per heavy atom. The van der Waals surface area contributed by atoms with Crippen LogP contribution in [0.5, 0.6) is 0 Å². The smallest absolute Gasteiger partial charge is 0.137 e. The van der Waals surface area contributed by atoms with Gasteiger partial charge in [0.15, 0.2) is 0 Å². The molecule has 0 radical (unpaired) electrons. The standard InChI is InChI=1S/C13H18N4O/c1-17-4-2-13(18,3-5-17)11-8-16-12-10(11)6-9(14)7-15-12/h6-8,18H,2-5,14H2,1H3,(H,15,16). The number of nitrogen functional groups attached to an aromatic ring is 1. The predicted octanol–water partition coefficient (Wildman–Crippen LogP) is 1.06. The molecule has 1 aliphatic heterocycles. The lowest BCUT2D eigenvalue weighted by molar-refractivity contribution is -0.0190. The fourth-order valence-electron chi connectivity index (χ4n) is 2.66. The van der Waals surface area contributed by atoms with Crippen molar-refractivity contribution in [3.05, 3.63) is 24.0 Å². The maximum Gasteiger partial charge on any atom is 0.137 e. The maximum atomic E-state index is 10.8. The Kier molecular flexibility index (Phi) is 2.53. The van der Waals surface area contributed by atoms with Crippen molar-refractivity contribution in [3.63, 3.8) is 0 Å². The van der Waals surface area contributed by atoms with Crippen LogP contribution in [0.3, 0.4) is 0 Å². The number of aromatic amines is 1. The van der Waals surface area contributed by atoms with Gasteiger partial charge in [0, 0.05) is 30.2 Å². The van der Waals surface area contributed by atoms with Crippen LogP contribution in [0.4, 0.5) is 5.69 Å². The molecule has 2 aromatic rings. The highest BCUT2D eigenvalue weighted by Gasteiger charge is 2.35. The lowest BCUT2D eigenvalue weighted by atomic mass is 9.84. The molecule has 18 heavy (non-hydrogen) atoms. The van der Waals surface area contributed by atoms with Crippen LogP contribution < -0.4 is 5.73 Å². The first-order valence-electron chi connectivity index (χ1n) is 6.22. The first-order chi connectivity index (χ1) is 8.58. The molecule has 0 saturated carbocycles. The van der Waals surface area contributed by atoms with Crippen LogP contribution in [-0.2, 0) is 5.60 Å². The van der Waals surface area contributed by atoms with E-state index in [2.05, 4.69) is 21.9 Å². The second-order valence-corrected chi connectivity index (χ2v) is 5.20. The largest absolute Gasteiger partial charge is 0.397 e. The average molecular weight is 246 g/mol. The molecule has 0 bridgehead atoms. The lowest BCUT2D eigenvalue weighted by Gasteiger charge is -2.36. The Morgan fingerprint density at radius 3 is 2.89 bits per heavy atom. The number of nitrogens with zero attached hydrogens (tertiary/aromatic N) is 2. The zero-order valence-electron chi connectivity index (χ0n) is 10.5. The van der Waals surface area contributed by atoms with E-state index in [1.165, 1.54) is 0 Å². The minimum absolute atomic E-state index is 0.625. The van der Waals surface area contributed by atoms with Crippen LogP contribution in [0, 0.1) is 0 Å². The molecule has 0 amide bonds. The van der Waals surface area contributed by atoms with Crippen molar-refractivity contribution in [2.75, 3.05) is 25.9 Å². The summed E-state index contributed by atoms with van der Waals surface area (Å²) in [4.78, 5) is 9.58. The molecule has 2 aromatic heterocycles. The summed E-state index contributed by atoms with van der Waals surface area (Å²) in [6, 6.07) is 1.88. The number of anilines is 1. The predicted molar refractivity (Wildman–Crippen MR) is 71.1 cm³/mol. The lowest BCUT2D eigenvalue weighted by Crippen LogP contribution is -2.40. The Labute approximate surface area is 106 Å². The first kappa shape index (κ1) is 11.5. The first-order valence-corrected chi connectivity index (χ1v) is 6.22. The molecule has 5 heteroatoms. The highest BCUT2D eigenvalue weighted by molar-refractivity contribution is 5.83. The van der Waals surface area contributed by atoms with Crippen LogP contribution in [0.2, 0.25) is 0 Å². The number of rotatable bonds is 1. The van der Waals surface area contributed by atoms with Crippen molar-refractivity contribution in [2.24, 2.45) is 0 Å². The molecule has 1 saturated heterocycles. The van der Waals surface area contributed by atoms with Gasteiger partial charge in [0.2, 0.25) is 0 Å². The summed E-state index contributed by atoms with van der Waals surface area (Å²) in [5, 5.41) is 11.8. The Hall–Kier alpha value is -1.59. The van der Waals surface area contributed by atoms with Crippen molar-refractivity contribution in [3.8, 4) is 0 Å². The number of H-pyrrole nitrogens is 1. The van der Waals surface area contributed by atoms with Gasteiger partial charge < -0.3 is 20.7 Å². The average Bonchev–Trinajstić information content (AvgIpc) is 2.77. The fraction of sp³-hybridized carbons (Fsp3) is 0.462. The van der Waals surface area contributed by atoms with Crippen molar-refractivity contribution < 1.29 is 5.11 Å². The Morgan fingerprint density at radius 1 is 1.44 bits per heavy atom. The van der Waals surface area contributed by atoms with Crippen molar-refractivity contribution in [1.29, 1.82) is 0 Å². The maximum absolute atomic E-state index is 10.8. The van der Waals surface area contributed by atoms with Crippen LogP contribution in [0.1, 0.15) is 18.4 Å². The molecule has 0 unspecified atom stereocenters. The van der Waals surface area contributed by atoms with Gasteiger partial charge in [-0.25, -0.2) is 4.98 Å². The molecular weight excluding hydrogens is 228 g/mol. The highest BCUT2D eigenvalue weighted by atomic mass is 16.3. The van der Waals surface area contributed by atoms with Gasteiger partial charge in [0.05, 0.1) is 17.5 Å². The van der Waals surface area contributed by atoms with Gasteiger partial charge in [-0.1, -0.05) is 0 Å². The number of aromatic nitrogens is 2. The van der Waals surface area contributed by atoms with Crippen LogP contribution >= 0.6 is 0 Å². The molecule has 0 atom stereocenters. The van der Waals surface area contributed by atoms with Crippen LogP contribution in [0.25, 0.3) is 11.0 Å². The summed E-state index contributed by atoms with van der Waals surface area (Å²) >= 11 is 0. The van der Waals surface area contributed by atoms with E-state index in [1.54, 1.807) is 6.20 Å². The summed E-state index contributed by atoms with van der Waals surface area (Å²) < 4.78 is 0. The van der Waals surface area contributed by atoms with E-state index in [0.29, 0.717) is 5.69 Å². The van der Waals surface area contributed by atoms with E-state index in [9.17, 15) is 5.11 Å². The molecule has 0 spiro atoms. The number of fused-ring (bicyclic) bond motifs is 1. The number of likely N-dealkylation sites (tertiary alicyclic amines) is 1. The number of nitrogens with one attached hydrogen (secondary N) is 1. The van der Waals surface area contributed by atoms with Gasteiger partial charge in [-0.15, -0.1) is 0 Å². The van der Waals surface area contributed by atoms with Crippen molar-refractivity contribution in [1.82, 2.24) is 14.9 Å². The molecule has 1 aliphatic rings. The second-order valence-electron chi connectivity index (χ2n) is 5.20. The van der Waals surface area contributed by atoms with Gasteiger partial charge in [-0.05, 0) is 26.0 Å². The number of hydrogen-bond donors (Lipinski definition) is 3. The summed E-state index contributed by atoms with van der Waals surface area (Å²) in [6.07, 6.45) is 4.97. The minimum atomic E-state index is -0.764. The third kappa shape index (κ3) is 1.76. The molecule has 3 heterocycles. The molecule has 0 aromatic carbocycles. The minimum Gasteiger partial charge on any atom is -0.397 e. The number of nitrogens with two attached hydrogens (primary N) is 1. The van der Waals surface area contributed by atoms with Crippen LogP contribution in [0.15, 0.2) is 18.5 Å². The number of piperidine rings is 1. The number of pyridine rings is 1. The van der Waals surface area contributed by atoms with Crippen LogP contribution in [-0.4, -0.2) is 40.1 Å². The topological polar surface area (TPSA) is 78.2 Å². The summed E-state index contributed by atoms with van der Waals surface area (Å²) in [6.45, 7) is 1.80. The SMILES string of the molecule is CN1CCC(O)(c2c[nH]c3ncc(N)cc23)CC1. The summed E-state index contributed by atoms with van der Waals surface area (Å²) in [7, 11) is 2.08. The fourth-order valence-corrected chi connectivity index (χ4v) is 2.66. The monoisotopic (exact) mass is 246 g/mol. The summed E-state index contributed by atoms with van der Waals surface area (Å²) in [5.41, 5.74) is 7.35. The molecule has 3 rings (SSSR count). The Balaban J connectivity index is 2.06. The Bertz CT molecular complexity index is 569. The van der Waals surface area contributed by atoms with Gasteiger partial charge in [-0.2, -0.15) is 0 Å². The van der Waals surface area contributed by atoms with Gasteiger partial charge >= 0.3 is 0 Å². The summed E-state index contributed by atoms with van der Waals surface area (Å²) in [5.74, 6) is 0. The molecule has 1 fully saturated rings. The normalized spacial score (nSPS) is 20.3. The highest BCUT2D eigenvalue weighted by Crippen LogP contribution is 2.36. The zero-order chi connectivity index (χ0) is 12.8. The molecule has 4 N–H and O–H groups in total. The van der Waals surface area contributed by atoms with Crippen molar-refractivity contribution >= 4 is 16.7 Å². The van der Waals surface area contributed by atoms with E-state index in [-0.39, 0.29) is 0 Å². The third-order valence-corrected chi connectivity index (χ3v) is 3.87. The molecular formula is C13H18N4O. The number of aliphatic hydroxyl groups is 1. The van der Waals surface area contributed by atoms with E-state index < -0.39 is 5.60 Å². The van der Waals surface area contributed by atoms with E-state index >= 15 is 0 Å². The zero-order valence-corrected chi connectivity index (χ0v) is 10.5. The number of hydrogen-bond acceptors (Lipinski definition) is 4. The van der Waals surface area contributed by atoms with E-state index in [4.69, 9.17) is 5.73 Å². The third-order valence-electron chi connectivity index (χ3n) is 3.87. The van der Waals surface area contributed by atoms with Gasteiger partial charge in [0.25, 0.3) is 0 Å². The quantitative estimate of drug-likeness (QED) is 0.703. The molecule has 0 aliphatic carbocycles. The van der Waals surface area contributed by atoms with Crippen molar-refractivity contribution in [2.45, 2.75) is 18.4 Å². The second kappa shape index (κ2) is 3.96. The molecule has 5 nitrogen and oxygen atoms in total. The van der Waals surface area contributed by atoms with E-state index in [1.807, 2.05) is 12.3 Å². The van der Waals surface area contributed by atoms with Gasteiger partial charge in [0.1, 0.15) is 5.65 Å². The van der Waals surface area contributed by atoms with E-state index in [0.717, 1.165) is 42.5 Å². The molecule has 96 valence electrons.